The summed E-state index contributed by atoms with van der Waals surface area (Å²) >= 11 is 0. The molecule has 0 spiro atoms. The van der Waals surface area contributed by atoms with Crippen molar-refractivity contribution in [1.82, 2.24) is 5.32 Å². The Morgan fingerprint density at radius 2 is 1.91 bits per heavy atom. The maximum atomic E-state index is 12.9. The van der Waals surface area contributed by atoms with E-state index < -0.39 is 5.92 Å². The molecule has 1 heterocycles. The van der Waals surface area contributed by atoms with Gasteiger partial charge in [-0.15, -0.1) is 0 Å². The summed E-state index contributed by atoms with van der Waals surface area (Å²) in [5, 5.41) is 5.69. The van der Waals surface area contributed by atoms with Gasteiger partial charge in [-0.2, -0.15) is 0 Å². The molecule has 0 radical (unpaired) electrons. The van der Waals surface area contributed by atoms with Crippen LogP contribution >= 0.6 is 0 Å². The Morgan fingerprint density at radius 3 is 2.70 bits per heavy atom. The Labute approximate surface area is 194 Å². The SMILES string of the molecule is CCOCCCNC(=O)c1cccc(NC(=O)C2CC(=O)N(c3ccccc3OCC)C2)c1. The molecule has 8 nitrogen and oxygen atoms in total. The molecule has 1 atom stereocenters. The number of carbonyl (C=O) groups excluding carboxylic acids is 3. The molecule has 0 saturated carbocycles. The Morgan fingerprint density at radius 1 is 1.09 bits per heavy atom. The fourth-order valence-electron chi connectivity index (χ4n) is 3.68. The molecule has 176 valence electrons. The molecule has 2 N–H and O–H groups in total. The Balaban J connectivity index is 1.59. The van der Waals surface area contributed by atoms with E-state index in [1.54, 1.807) is 29.2 Å². The quantitative estimate of drug-likeness (QED) is 0.509. The number of carbonyl (C=O) groups is 3. The molecule has 2 aromatic carbocycles. The van der Waals surface area contributed by atoms with Crippen LogP contribution in [0.25, 0.3) is 0 Å². The van der Waals surface area contributed by atoms with Crippen LogP contribution in [0.5, 0.6) is 5.75 Å². The highest BCUT2D eigenvalue weighted by atomic mass is 16.5. The topological polar surface area (TPSA) is 97.0 Å². The fraction of sp³-hybridized carbons (Fsp3) is 0.400. The van der Waals surface area contributed by atoms with Crippen LogP contribution in [0.15, 0.2) is 48.5 Å². The molecule has 2 aromatic rings. The third-order valence-corrected chi connectivity index (χ3v) is 5.30. The number of rotatable bonds is 11. The van der Waals surface area contributed by atoms with Gasteiger partial charge in [0.15, 0.2) is 0 Å². The normalized spacial score (nSPS) is 15.4. The van der Waals surface area contributed by atoms with Crippen molar-refractivity contribution in [3.8, 4) is 5.75 Å². The highest BCUT2D eigenvalue weighted by Gasteiger charge is 2.36. The lowest BCUT2D eigenvalue weighted by Gasteiger charge is -2.20. The van der Waals surface area contributed by atoms with E-state index in [0.29, 0.717) is 49.1 Å². The van der Waals surface area contributed by atoms with Crippen LogP contribution in [-0.2, 0) is 14.3 Å². The predicted octanol–water partition coefficient (Wildman–Crippen LogP) is 3.23. The molecule has 33 heavy (non-hydrogen) atoms. The van der Waals surface area contributed by atoms with Gasteiger partial charge in [-0.05, 0) is 50.6 Å². The second kappa shape index (κ2) is 12.0. The zero-order chi connectivity index (χ0) is 23.6. The number of nitrogens with one attached hydrogen (secondary N) is 2. The number of para-hydroxylation sites is 2. The lowest BCUT2D eigenvalue weighted by Crippen LogP contribution is -2.28. The van der Waals surface area contributed by atoms with Gasteiger partial charge in [-0.1, -0.05) is 18.2 Å². The van der Waals surface area contributed by atoms with Crippen molar-refractivity contribution >= 4 is 29.1 Å². The zero-order valence-corrected chi connectivity index (χ0v) is 19.1. The van der Waals surface area contributed by atoms with Crippen molar-refractivity contribution in [2.75, 3.05) is 43.1 Å². The zero-order valence-electron chi connectivity index (χ0n) is 19.1. The molecule has 1 fully saturated rings. The monoisotopic (exact) mass is 453 g/mol. The number of hydrogen-bond acceptors (Lipinski definition) is 5. The summed E-state index contributed by atoms with van der Waals surface area (Å²) in [4.78, 5) is 39.5. The highest BCUT2D eigenvalue weighted by molar-refractivity contribution is 6.04. The van der Waals surface area contributed by atoms with E-state index in [0.717, 1.165) is 6.42 Å². The first-order chi connectivity index (χ1) is 16.0. The molecule has 3 rings (SSSR count). The Bertz CT molecular complexity index is 978. The van der Waals surface area contributed by atoms with Gasteiger partial charge in [0.2, 0.25) is 11.8 Å². The van der Waals surface area contributed by atoms with Crippen molar-refractivity contribution in [3.05, 3.63) is 54.1 Å². The van der Waals surface area contributed by atoms with E-state index in [-0.39, 0.29) is 30.7 Å². The van der Waals surface area contributed by atoms with Crippen molar-refractivity contribution in [3.63, 3.8) is 0 Å². The van der Waals surface area contributed by atoms with E-state index in [1.807, 2.05) is 38.1 Å². The van der Waals surface area contributed by atoms with Crippen molar-refractivity contribution in [2.45, 2.75) is 26.7 Å². The minimum Gasteiger partial charge on any atom is -0.492 e. The van der Waals surface area contributed by atoms with Gasteiger partial charge in [0.25, 0.3) is 5.91 Å². The molecule has 0 aromatic heterocycles. The summed E-state index contributed by atoms with van der Waals surface area (Å²) in [5.41, 5.74) is 1.64. The maximum Gasteiger partial charge on any atom is 0.251 e. The fourth-order valence-corrected chi connectivity index (χ4v) is 3.68. The third kappa shape index (κ3) is 6.55. The average Bonchev–Trinajstić information content (AvgIpc) is 3.21. The standard InChI is InChI=1S/C25H31N3O5/c1-3-32-14-8-13-26-24(30)18-9-7-10-20(15-18)27-25(31)19-16-23(29)28(17-19)21-11-5-6-12-22(21)33-4-2/h5-7,9-12,15,19H,3-4,8,13-14,16-17H2,1-2H3,(H,26,30)(H,27,31). The maximum absolute atomic E-state index is 12.9. The largest absolute Gasteiger partial charge is 0.492 e. The lowest BCUT2D eigenvalue weighted by atomic mass is 10.1. The van der Waals surface area contributed by atoms with Crippen LogP contribution in [0, 0.1) is 5.92 Å². The number of hydrogen-bond donors (Lipinski definition) is 2. The molecule has 8 heteroatoms. The van der Waals surface area contributed by atoms with E-state index >= 15 is 0 Å². The van der Waals surface area contributed by atoms with E-state index in [4.69, 9.17) is 9.47 Å². The number of nitrogens with zero attached hydrogens (tertiary/aromatic N) is 1. The first-order valence-electron chi connectivity index (χ1n) is 11.3. The molecule has 3 amide bonds. The molecule has 0 aliphatic carbocycles. The number of benzene rings is 2. The second-order valence-electron chi connectivity index (χ2n) is 7.68. The summed E-state index contributed by atoms with van der Waals surface area (Å²) in [6, 6.07) is 14.1. The number of anilines is 2. The molecule has 1 unspecified atom stereocenters. The molecule has 1 aliphatic rings. The van der Waals surface area contributed by atoms with Crippen LogP contribution in [0.2, 0.25) is 0 Å². The van der Waals surface area contributed by atoms with Crippen molar-refractivity contribution in [2.24, 2.45) is 5.92 Å². The van der Waals surface area contributed by atoms with E-state index in [9.17, 15) is 14.4 Å². The smallest absolute Gasteiger partial charge is 0.251 e. The van der Waals surface area contributed by atoms with Gasteiger partial charge in [0, 0.05) is 44.0 Å². The van der Waals surface area contributed by atoms with Crippen LogP contribution in [0.3, 0.4) is 0 Å². The minimum absolute atomic E-state index is 0.117. The Hall–Kier alpha value is -3.39. The summed E-state index contributed by atoms with van der Waals surface area (Å²) in [5.74, 6) is -0.466. The molecular weight excluding hydrogens is 422 g/mol. The highest BCUT2D eigenvalue weighted by Crippen LogP contribution is 2.33. The summed E-state index contributed by atoms with van der Waals surface area (Å²) in [7, 11) is 0. The number of amides is 3. The molecule has 1 aliphatic heterocycles. The second-order valence-corrected chi connectivity index (χ2v) is 7.68. The summed E-state index contributed by atoms with van der Waals surface area (Å²) < 4.78 is 10.9. The van der Waals surface area contributed by atoms with Crippen LogP contribution in [0.1, 0.15) is 37.0 Å². The predicted molar refractivity (Wildman–Crippen MR) is 127 cm³/mol. The lowest BCUT2D eigenvalue weighted by molar-refractivity contribution is -0.122. The average molecular weight is 454 g/mol. The van der Waals surface area contributed by atoms with Gasteiger partial charge in [-0.25, -0.2) is 0 Å². The molecule has 1 saturated heterocycles. The Kier molecular flexibility index (Phi) is 8.83. The molecule has 0 bridgehead atoms. The minimum atomic E-state index is -0.497. The van der Waals surface area contributed by atoms with Gasteiger partial charge in [0.05, 0.1) is 18.2 Å². The van der Waals surface area contributed by atoms with E-state index in [1.165, 1.54) is 0 Å². The van der Waals surface area contributed by atoms with Crippen LogP contribution in [0.4, 0.5) is 11.4 Å². The van der Waals surface area contributed by atoms with Crippen LogP contribution in [-0.4, -0.2) is 50.6 Å². The van der Waals surface area contributed by atoms with E-state index in [2.05, 4.69) is 10.6 Å². The van der Waals surface area contributed by atoms with Crippen molar-refractivity contribution < 1.29 is 23.9 Å². The molecular formula is C25H31N3O5. The third-order valence-electron chi connectivity index (χ3n) is 5.30. The summed E-state index contributed by atoms with van der Waals surface area (Å²) in [6.45, 7) is 6.33. The van der Waals surface area contributed by atoms with Gasteiger partial charge in [-0.3, -0.25) is 14.4 Å². The van der Waals surface area contributed by atoms with Crippen LogP contribution < -0.4 is 20.3 Å². The van der Waals surface area contributed by atoms with Gasteiger partial charge < -0.3 is 25.0 Å². The van der Waals surface area contributed by atoms with Crippen molar-refractivity contribution in [1.29, 1.82) is 0 Å². The first-order valence-corrected chi connectivity index (χ1v) is 11.3. The van der Waals surface area contributed by atoms with Gasteiger partial charge in [0.1, 0.15) is 5.75 Å². The first kappa shape index (κ1) is 24.3. The van der Waals surface area contributed by atoms with Gasteiger partial charge >= 0.3 is 0 Å². The summed E-state index contributed by atoms with van der Waals surface area (Å²) in [6.07, 6.45) is 0.848. The number of ether oxygens (including phenoxy) is 2.